The Balaban J connectivity index is 2.60. The molecule has 0 spiro atoms. The van der Waals surface area contributed by atoms with Gasteiger partial charge in [-0.2, -0.15) is 0 Å². The molecule has 2 aromatic rings. The molecule has 0 aliphatic heterocycles. The molecule has 0 N–H and O–H groups in total. The van der Waals surface area contributed by atoms with Crippen LogP contribution in [0.15, 0.2) is 14.6 Å². The van der Waals surface area contributed by atoms with Crippen LogP contribution in [-0.4, -0.2) is 48.8 Å². The van der Waals surface area contributed by atoms with E-state index in [2.05, 4.69) is 9.97 Å². The molecule has 0 saturated carbocycles. The maximum Gasteiger partial charge on any atom is 0.332 e. The number of amides is 1. The van der Waals surface area contributed by atoms with Crippen LogP contribution in [0.25, 0.3) is 11.0 Å². The molecule has 0 aliphatic rings. The minimum absolute atomic E-state index is 0.0104. The number of hydrogen-bond acceptors (Lipinski definition) is 6. The lowest BCUT2D eigenvalue weighted by molar-refractivity contribution is -0.127. The van der Waals surface area contributed by atoms with Crippen molar-refractivity contribution < 1.29 is 4.79 Å². The Morgan fingerprint density at radius 3 is 2.30 bits per heavy atom. The van der Waals surface area contributed by atoms with Crippen LogP contribution in [0.2, 0.25) is 0 Å². The minimum atomic E-state index is -0.443. The van der Waals surface area contributed by atoms with Gasteiger partial charge in [0.05, 0.1) is 5.75 Å². The summed E-state index contributed by atoms with van der Waals surface area (Å²) >= 11 is 1.22. The lowest BCUT2D eigenvalue weighted by Gasteiger charge is -2.18. The van der Waals surface area contributed by atoms with Crippen LogP contribution in [0.3, 0.4) is 0 Å². The standard InChI is InChI=1S/C18H27N5O3S/c1-7-23(8-2)13(24)10-27-16-14-15(19-12(20-16)9-11(3)4)21(5)18(26)22(6)17(14)25/h11H,7-10H2,1-6H3. The molecule has 0 fully saturated rings. The van der Waals surface area contributed by atoms with Gasteiger partial charge < -0.3 is 4.90 Å². The zero-order chi connectivity index (χ0) is 20.3. The van der Waals surface area contributed by atoms with Gasteiger partial charge >= 0.3 is 5.69 Å². The van der Waals surface area contributed by atoms with Gasteiger partial charge in [-0.15, -0.1) is 0 Å². The lowest BCUT2D eigenvalue weighted by atomic mass is 10.1. The number of fused-ring (bicyclic) bond motifs is 1. The van der Waals surface area contributed by atoms with Gasteiger partial charge in [0, 0.05) is 33.6 Å². The smallest absolute Gasteiger partial charge is 0.332 e. The summed E-state index contributed by atoms with van der Waals surface area (Å²) in [5, 5.41) is 0.733. The molecule has 1 amide bonds. The predicted molar refractivity (Wildman–Crippen MR) is 107 cm³/mol. The second-order valence-electron chi connectivity index (χ2n) is 6.80. The highest BCUT2D eigenvalue weighted by atomic mass is 32.2. The molecule has 0 aromatic carbocycles. The van der Waals surface area contributed by atoms with Gasteiger partial charge in [0.1, 0.15) is 16.2 Å². The summed E-state index contributed by atoms with van der Waals surface area (Å²) in [4.78, 5) is 48.1. The van der Waals surface area contributed by atoms with E-state index in [1.165, 1.54) is 23.4 Å². The first-order valence-electron chi connectivity index (χ1n) is 9.08. The normalized spacial score (nSPS) is 11.4. The van der Waals surface area contributed by atoms with Crippen molar-refractivity contribution in [3.05, 3.63) is 26.7 Å². The monoisotopic (exact) mass is 393 g/mol. The van der Waals surface area contributed by atoms with E-state index in [-0.39, 0.29) is 17.0 Å². The second kappa shape index (κ2) is 8.69. The van der Waals surface area contributed by atoms with E-state index < -0.39 is 11.2 Å². The molecule has 0 saturated heterocycles. The Morgan fingerprint density at radius 1 is 1.11 bits per heavy atom. The van der Waals surface area contributed by atoms with Crippen molar-refractivity contribution in [2.24, 2.45) is 20.0 Å². The Hall–Kier alpha value is -2.16. The maximum atomic E-state index is 12.7. The van der Waals surface area contributed by atoms with E-state index in [4.69, 9.17) is 0 Å². The number of nitrogens with zero attached hydrogens (tertiary/aromatic N) is 5. The second-order valence-corrected chi connectivity index (χ2v) is 7.77. The molecule has 0 radical (unpaired) electrons. The van der Waals surface area contributed by atoms with Gasteiger partial charge in [0.15, 0.2) is 5.65 Å². The van der Waals surface area contributed by atoms with Gasteiger partial charge in [0.2, 0.25) is 5.91 Å². The fourth-order valence-corrected chi connectivity index (χ4v) is 3.77. The minimum Gasteiger partial charge on any atom is -0.343 e. The van der Waals surface area contributed by atoms with Crippen LogP contribution in [0.4, 0.5) is 0 Å². The molecular weight excluding hydrogens is 366 g/mol. The van der Waals surface area contributed by atoms with Crippen molar-refractivity contribution in [1.82, 2.24) is 24.0 Å². The first kappa shape index (κ1) is 21.1. The number of carbonyl (C=O) groups excluding carboxylic acids is 1. The van der Waals surface area contributed by atoms with Crippen LogP contribution < -0.4 is 11.2 Å². The largest absolute Gasteiger partial charge is 0.343 e. The van der Waals surface area contributed by atoms with Crippen molar-refractivity contribution in [2.75, 3.05) is 18.8 Å². The summed E-state index contributed by atoms with van der Waals surface area (Å²) in [5.74, 6) is 1.06. The van der Waals surface area contributed by atoms with Gasteiger partial charge in [-0.25, -0.2) is 14.8 Å². The van der Waals surface area contributed by atoms with E-state index >= 15 is 0 Å². The van der Waals surface area contributed by atoms with Crippen LogP contribution in [-0.2, 0) is 25.3 Å². The Morgan fingerprint density at radius 2 is 1.74 bits per heavy atom. The first-order chi connectivity index (χ1) is 12.7. The third kappa shape index (κ3) is 4.40. The lowest BCUT2D eigenvalue weighted by Crippen LogP contribution is -2.38. The fourth-order valence-electron chi connectivity index (χ4n) is 2.83. The van der Waals surface area contributed by atoms with Crippen LogP contribution in [0, 0.1) is 5.92 Å². The van der Waals surface area contributed by atoms with Crippen LogP contribution >= 0.6 is 11.8 Å². The Kier molecular flexibility index (Phi) is 6.80. The van der Waals surface area contributed by atoms with E-state index in [1.807, 2.05) is 27.7 Å². The molecular formula is C18H27N5O3S. The molecule has 2 rings (SSSR count). The van der Waals surface area contributed by atoms with Crippen molar-refractivity contribution in [1.29, 1.82) is 0 Å². The van der Waals surface area contributed by atoms with E-state index in [1.54, 1.807) is 11.9 Å². The topological polar surface area (TPSA) is 90.1 Å². The third-order valence-corrected chi connectivity index (χ3v) is 5.31. The number of rotatable bonds is 7. The molecule has 0 aliphatic carbocycles. The van der Waals surface area contributed by atoms with Crippen molar-refractivity contribution in [3.8, 4) is 0 Å². The summed E-state index contributed by atoms with van der Waals surface area (Å²) in [6.45, 7) is 9.22. The number of aromatic nitrogens is 4. The molecule has 0 unspecified atom stereocenters. The summed E-state index contributed by atoms with van der Waals surface area (Å²) in [5.41, 5.74) is -0.564. The molecule has 27 heavy (non-hydrogen) atoms. The number of aryl methyl sites for hydroxylation is 1. The predicted octanol–water partition coefficient (Wildman–Crippen LogP) is 1.19. The Labute approximate surface area is 162 Å². The quantitative estimate of drug-likeness (QED) is 0.518. The van der Waals surface area contributed by atoms with Gasteiger partial charge in [-0.05, 0) is 19.8 Å². The van der Waals surface area contributed by atoms with Gasteiger partial charge in [-0.1, -0.05) is 25.6 Å². The number of hydrogen-bond donors (Lipinski definition) is 0. The van der Waals surface area contributed by atoms with Crippen LogP contribution in [0.1, 0.15) is 33.5 Å². The Bertz CT molecular complexity index is 960. The number of carbonyl (C=O) groups is 1. The highest BCUT2D eigenvalue weighted by Gasteiger charge is 2.19. The zero-order valence-electron chi connectivity index (χ0n) is 16.8. The van der Waals surface area contributed by atoms with Gasteiger partial charge in [0.25, 0.3) is 5.56 Å². The third-order valence-electron chi connectivity index (χ3n) is 4.35. The maximum absolute atomic E-state index is 12.7. The average Bonchev–Trinajstić information content (AvgIpc) is 2.63. The molecule has 2 aromatic heterocycles. The summed E-state index contributed by atoms with van der Waals surface area (Å²) in [6, 6.07) is 0. The average molecular weight is 394 g/mol. The van der Waals surface area contributed by atoms with Gasteiger partial charge in [-0.3, -0.25) is 18.7 Å². The van der Waals surface area contributed by atoms with E-state index in [9.17, 15) is 14.4 Å². The molecule has 8 nitrogen and oxygen atoms in total. The summed E-state index contributed by atoms with van der Waals surface area (Å²) in [7, 11) is 3.02. The van der Waals surface area contributed by atoms with E-state index in [0.717, 1.165) is 4.57 Å². The van der Waals surface area contributed by atoms with Crippen LogP contribution in [0.5, 0.6) is 0 Å². The highest BCUT2D eigenvalue weighted by Crippen LogP contribution is 2.23. The zero-order valence-corrected chi connectivity index (χ0v) is 17.6. The molecule has 2 heterocycles. The number of thioether (sulfide) groups is 1. The summed E-state index contributed by atoms with van der Waals surface area (Å²) < 4.78 is 2.41. The highest BCUT2D eigenvalue weighted by molar-refractivity contribution is 8.00. The molecule has 0 atom stereocenters. The molecule has 148 valence electrons. The van der Waals surface area contributed by atoms with Crippen molar-refractivity contribution >= 4 is 28.7 Å². The SMILES string of the molecule is CCN(CC)C(=O)CSc1nc(CC(C)C)nc2c1c(=O)n(C)c(=O)n2C. The molecule has 0 bridgehead atoms. The molecule has 9 heteroatoms. The first-order valence-corrected chi connectivity index (χ1v) is 10.1. The van der Waals surface area contributed by atoms with Crippen molar-refractivity contribution in [3.63, 3.8) is 0 Å². The fraction of sp³-hybridized carbons (Fsp3) is 0.611. The van der Waals surface area contributed by atoms with Crippen molar-refractivity contribution in [2.45, 2.75) is 39.1 Å². The van der Waals surface area contributed by atoms with E-state index in [0.29, 0.717) is 41.9 Å². The summed E-state index contributed by atoms with van der Waals surface area (Å²) in [6.07, 6.45) is 0.622.